The average Bonchev–Trinajstić information content (AvgIpc) is 2.44. The number of rotatable bonds is 7. The van der Waals surface area contributed by atoms with Gasteiger partial charge in [0.1, 0.15) is 11.5 Å². The largest absolute Gasteiger partial charge is 0.497 e. The first-order valence-electron chi connectivity index (χ1n) is 6.18. The third kappa shape index (κ3) is 4.63. The van der Waals surface area contributed by atoms with E-state index in [1.54, 1.807) is 25.3 Å². The molecular weight excluding hydrogens is 266 g/mol. The molecule has 1 aromatic carbocycles. The minimum absolute atomic E-state index is 0.169. The Kier molecular flexibility index (Phi) is 6.50. The summed E-state index contributed by atoms with van der Waals surface area (Å²) in [6.45, 7) is 2.64. The summed E-state index contributed by atoms with van der Waals surface area (Å²) in [5, 5.41) is 2.88. The van der Waals surface area contributed by atoms with Crippen LogP contribution in [0.15, 0.2) is 18.2 Å². The van der Waals surface area contributed by atoms with Crippen molar-refractivity contribution < 1.29 is 14.3 Å². The number of ether oxygens (including phenoxy) is 2. The Morgan fingerprint density at radius 3 is 2.68 bits per heavy atom. The van der Waals surface area contributed by atoms with Gasteiger partial charge in [-0.05, 0) is 30.5 Å². The summed E-state index contributed by atoms with van der Waals surface area (Å²) < 4.78 is 10.3. The topological polar surface area (TPSA) is 47.6 Å². The number of carbonyl (C=O) groups is 1. The maximum Gasteiger partial charge on any atom is 0.255 e. The van der Waals surface area contributed by atoms with Crippen LogP contribution in [-0.2, 0) is 0 Å². The van der Waals surface area contributed by atoms with Crippen molar-refractivity contribution in [3.63, 3.8) is 0 Å². The van der Waals surface area contributed by atoms with Gasteiger partial charge in [0.2, 0.25) is 0 Å². The van der Waals surface area contributed by atoms with Crippen molar-refractivity contribution in [1.29, 1.82) is 0 Å². The van der Waals surface area contributed by atoms with Crippen molar-refractivity contribution in [2.75, 3.05) is 26.6 Å². The number of benzene rings is 1. The van der Waals surface area contributed by atoms with Gasteiger partial charge in [-0.1, -0.05) is 6.92 Å². The molecule has 5 heteroatoms. The van der Waals surface area contributed by atoms with Crippen LogP contribution in [0.1, 0.15) is 23.7 Å². The van der Waals surface area contributed by atoms with E-state index in [-0.39, 0.29) is 5.91 Å². The van der Waals surface area contributed by atoms with Crippen molar-refractivity contribution in [3.8, 4) is 11.5 Å². The predicted molar refractivity (Wildman–Crippen MR) is 76.4 cm³/mol. The maximum absolute atomic E-state index is 12.1. The average molecular weight is 286 g/mol. The summed E-state index contributed by atoms with van der Waals surface area (Å²) in [6, 6.07) is 5.14. The van der Waals surface area contributed by atoms with Gasteiger partial charge in [-0.15, -0.1) is 11.6 Å². The Labute approximate surface area is 119 Å². The number of hydrogen-bond donors (Lipinski definition) is 1. The molecule has 1 atom stereocenters. The second kappa shape index (κ2) is 7.89. The van der Waals surface area contributed by atoms with Gasteiger partial charge in [-0.25, -0.2) is 0 Å². The standard InChI is InChI=1S/C14H20ClNO3/c1-10(6-7-15)9-16-14(17)12-8-11(18-2)4-5-13(12)19-3/h4-5,8,10H,6-7,9H2,1-3H3,(H,16,17). The molecule has 0 aliphatic heterocycles. The summed E-state index contributed by atoms with van der Waals surface area (Å²) >= 11 is 5.67. The van der Waals surface area contributed by atoms with E-state index in [2.05, 4.69) is 5.32 Å². The first-order chi connectivity index (χ1) is 9.12. The molecule has 0 saturated heterocycles. The number of halogens is 1. The molecule has 19 heavy (non-hydrogen) atoms. The molecule has 0 spiro atoms. The van der Waals surface area contributed by atoms with Crippen molar-refractivity contribution >= 4 is 17.5 Å². The number of hydrogen-bond acceptors (Lipinski definition) is 3. The molecule has 1 amide bonds. The maximum atomic E-state index is 12.1. The summed E-state index contributed by atoms with van der Waals surface area (Å²) in [4.78, 5) is 12.1. The minimum atomic E-state index is -0.169. The summed E-state index contributed by atoms with van der Waals surface area (Å²) in [5.74, 6) is 1.93. The molecule has 0 fully saturated rings. The van der Waals surface area contributed by atoms with E-state index in [0.29, 0.717) is 35.4 Å². The first-order valence-corrected chi connectivity index (χ1v) is 6.72. The highest BCUT2D eigenvalue weighted by Gasteiger charge is 2.14. The van der Waals surface area contributed by atoms with Gasteiger partial charge in [-0.2, -0.15) is 0 Å². The predicted octanol–water partition coefficient (Wildman–Crippen LogP) is 2.70. The summed E-state index contributed by atoms with van der Waals surface area (Å²) in [7, 11) is 3.10. The van der Waals surface area contributed by atoms with Gasteiger partial charge >= 0.3 is 0 Å². The lowest BCUT2D eigenvalue weighted by molar-refractivity contribution is 0.0944. The van der Waals surface area contributed by atoms with Crippen molar-refractivity contribution in [1.82, 2.24) is 5.32 Å². The van der Waals surface area contributed by atoms with Crippen LogP contribution in [0.3, 0.4) is 0 Å². The van der Waals surface area contributed by atoms with Crippen LogP contribution >= 0.6 is 11.6 Å². The van der Waals surface area contributed by atoms with Gasteiger partial charge in [0, 0.05) is 12.4 Å². The molecule has 0 aliphatic rings. The first kappa shape index (κ1) is 15.6. The molecular formula is C14H20ClNO3. The number of carbonyl (C=O) groups excluding carboxylic acids is 1. The highest BCUT2D eigenvalue weighted by molar-refractivity contribution is 6.17. The fourth-order valence-corrected chi connectivity index (χ4v) is 2.01. The van der Waals surface area contributed by atoms with E-state index in [9.17, 15) is 4.79 Å². The lowest BCUT2D eigenvalue weighted by Gasteiger charge is -2.13. The Balaban J connectivity index is 2.74. The van der Waals surface area contributed by atoms with E-state index >= 15 is 0 Å². The fraction of sp³-hybridized carbons (Fsp3) is 0.500. The molecule has 106 valence electrons. The molecule has 0 bridgehead atoms. The van der Waals surface area contributed by atoms with Gasteiger partial charge < -0.3 is 14.8 Å². The van der Waals surface area contributed by atoms with Crippen LogP contribution < -0.4 is 14.8 Å². The Hall–Kier alpha value is -1.42. The second-order valence-corrected chi connectivity index (χ2v) is 4.74. The number of amides is 1. The molecule has 1 unspecified atom stereocenters. The van der Waals surface area contributed by atoms with Crippen molar-refractivity contribution in [2.45, 2.75) is 13.3 Å². The van der Waals surface area contributed by atoms with E-state index in [1.807, 2.05) is 6.92 Å². The molecule has 1 aromatic rings. The smallest absolute Gasteiger partial charge is 0.255 e. The van der Waals surface area contributed by atoms with Gasteiger partial charge in [-0.3, -0.25) is 4.79 Å². The zero-order valence-electron chi connectivity index (χ0n) is 11.5. The molecule has 0 heterocycles. The van der Waals surface area contributed by atoms with Crippen molar-refractivity contribution in [3.05, 3.63) is 23.8 Å². The third-order valence-corrected chi connectivity index (χ3v) is 3.08. The van der Waals surface area contributed by atoms with E-state index in [1.165, 1.54) is 7.11 Å². The van der Waals surface area contributed by atoms with Crippen LogP contribution in [0.2, 0.25) is 0 Å². The second-order valence-electron chi connectivity index (χ2n) is 4.36. The Morgan fingerprint density at radius 1 is 1.37 bits per heavy atom. The van der Waals surface area contributed by atoms with Crippen LogP contribution in [0.5, 0.6) is 11.5 Å². The molecule has 0 radical (unpaired) electrons. The quantitative estimate of drug-likeness (QED) is 0.784. The third-order valence-electron chi connectivity index (χ3n) is 2.86. The zero-order valence-corrected chi connectivity index (χ0v) is 12.3. The van der Waals surface area contributed by atoms with E-state index < -0.39 is 0 Å². The monoisotopic (exact) mass is 285 g/mol. The fourth-order valence-electron chi connectivity index (χ4n) is 1.64. The number of alkyl halides is 1. The molecule has 1 rings (SSSR count). The van der Waals surface area contributed by atoms with Crippen LogP contribution in [-0.4, -0.2) is 32.6 Å². The van der Waals surface area contributed by atoms with Crippen LogP contribution in [0, 0.1) is 5.92 Å². The normalized spacial score (nSPS) is 11.8. The van der Waals surface area contributed by atoms with Crippen molar-refractivity contribution in [2.24, 2.45) is 5.92 Å². The van der Waals surface area contributed by atoms with Crippen LogP contribution in [0.25, 0.3) is 0 Å². The highest BCUT2D eigenvalue weighted by atomic mass is 35.5. The summed E-state index contributed by atoms with van der Waals surface area (Å²) in [5.41, 5.74) is 0.472. The molecule has 4 nitrogen and oxygen atoms in total. The highest BCUT2D eigenvalue weighted by Crippen LogP contribution is 2.23. The molecule has 0 aliphatic carbocycles. The molecule has 0 aromatic heterocycles. The van der Waals surface area contributed by atoms with Gasteiger partial charge in [0.05, 0.1) is 19.8 Å². The van der Waals surface area contributed by atoms with E-state index in [0.717, 1.165) is 6.42 Å². The van der Waals surface area contributed by atoms with Gasteiger partial charge in [0.25, 0.3) is 5.91 Å². The Morgan fingerprint density at radius 2 is 2.11 bits per heavy atom. The SMILES string of the molecule is COc1ccc(OC)c(C(=O)NCC(C)CCCl)c1. The number of nitrogens with one attached hydrogen (secondary N) is 1. The van der Waals surface area contributed by atoms with E-state index in [4.69, 9.17) is 21.1 Å². The minimum Gasteiger partial charge on any atom is -0.497 e. The Bertz CT molecular complexity index is 423. The van der Waals surface area contributed by atoms with Gasteiger partial charge in [0.15, 0.2) is 0 Å². The molecule has 0 saturated carbocycles. The zero-order chi connectivity index (χ0) is 14.3. The van der Waals surface area contributed by atoms with Crippen LogP contribution in [0.4, 0.5) is 0 Å². The number of methoxy groups -OCH3 is 2. The summed E-state index contributed by atoms with van der Waals surface area (Å²) in [6.07, 6.45) is 0.872. The molecule has 1 N–H and O–H groups in total. The lowest BCUT2D eigenvalue weighted by atomic mass is 10.1. The lowest BCUT2D eigenvalue weighted by Crippen LogP contribution is -2.28.